The number of hydrogen-bond acceptors (Lipinski definition) is 2. The predicted octanol–water partition coefficient (Wildman–Crippen LogP) is 5.00. The van der Waals surface area contributed by atoms with Gasteiger partial charge in [0.25, 0.3) is 0 Å². The number of amides is 1. The molecule has 110 valence electrons. The van der Waals surface area contributed by atoms with Crippen molar-refractivity contribution in [1.29, 1.82) is 0 Å². The lowest BCUT2D eigenvalue weighted by Crippen LogP contribution is -2.14. The summed E-state index contributed by atoms with van der Waals surface area (Å²) in [5, 5.41) is 3.72. The Balaban J connectivity index is 1.80. The Labute approximate surface area is 136 Å². The summed E-state index contributed by atoms with van der Waals surface area (Å²) in [6.07, 6.45) is 0. The zero-order chi connectivity index (χ0) is 15.2. The summed E-state index contributed by atoms with van der Waals surface area (Å²) in [5.41, 5.74) is 1.21. The van der Waals surface area contributed by atoms with Crippen LogP contribution in [-0.2, 0) is 10.5 Å². The SMILES string of the molecule is O=C(CSCc1ccc(Cl)cc1F)Nc1ccc(Cl)cc1. The second kappa shape index (κ2) is 7.69. The molecule has 0 aliphatic rings. The van der Waals surface area contributed by atoms with Gasteiger partial charge in [0.15, 0.2) is 0 Å². The van der Waals surface area contributed by atoms with Gasteiger partial charge in [0.2, 0.25) is 5.91 Å². The van der Waals surface area contributed by atoms with Crippen molar-refractivity contribution in [1.82, 2.24) is 0 Å². The molecule has 0 atom stereocenters. The molecule has 1 amide bonds. The second-order valence-electron chi connectivity index (χ2n) is 4.28. The van der Waals surface area contributed by atoms with Crippen molar-refractivity contribution < 1.29 is 9.18 Å². The molecule has 1 N–H and O–H groups in total. The monoisotopic (exact) mass is 343 g/mol. The summed E-state index contributed by atoms with van der Waals surface area (Å²) >= 11 is 12.8. The molecule has 0 fully saturated rings. The molecule has 6 heteroatoms. The molecule has 0 saturated heterocycles. The third-order valence-electron chi connectivity index (χ3n) is 2.63. The molecule has 21 heavy (non-hydrogen) atoms. The molecule has 0 unspecified atom stereocenters. The Bertz CT molecular complexity index is 634. The van der Waals surface area contributed by atoms with E-state index in [1.165, 1.54) is 17.8 Å². The van der Waals surface area contributed by atoms with Gasteiger partial charge in [-0.3, -0.25) is 4.79 Å². The minimum Gasteiger partial charge on any atom is -0.325 e. The third kappa shape index (κ3) is 5.23. The molecule has 0 aliphatic carbocycles. The average Bonchev–Trinajstić information content (AvgIpc) is 2.44. The predicted molar refractivity (Wildman–Crippen MR) is 87.7 cm³/mol. The van der Waals surface area contributed by atoms with Crippen LogP contribution >= 0.6 is 35.0 Å². The molecule has 2 nitrogen and oxygen atoms in total. The maximum atomic E-state index is 13.5. The quantitative estimate of drug-likeness (QED) is 0.827. The molecule has 0 aliphatic heterocycles. The van der Waals surface area contributed by atoms with Crippen molar-refractivity contribution in [3.8, 4) is 0 Å². The van der Waals surface area contributed by atoms with Crippen molar-refractivity contribution >= 4 is 46.6 Å². The molecule has 2 rings (SSSR count). The topological polar surface area (TPSA) is 29.1 Å². The average molecular weight is 344 g/mol. The van der Waals surface area contributed by atoms with E-state index < -0.39 is 0 Å². The van der Waals surface area contributed by atoms with E-state index in [0.29, 0.717) is 27.0 Å². The van der Waals surface area contributed by atoms with Crippen LogP contribution in [0.3, 0.4) is 0 Å². The number of benzene rings is 2. The fraction of sp³-hybridized carbons (Fsp3) is 0.133. The van der Waals surface area contributed by atoms with Crippen LogP contribution in [0.2, 0.25) is 10.0 Å². The molecule has 0 aromatic heterocycles. The number of carbonyl (C=O) groups is 1. The van der Waals surface area contributed by atoms with Gasteiger partial charge < -0.3 is 5.32 Å². The lowest BCUT2D eigenvalue weighted by molar-refractivity contribution is -0.113. The molecule has 0 spiro atoms. The van der Waals surface area contributed by atoms with E-state index in [4.69, 9.17) is 23.2 Å². The first-order chi connectivity index (χ1) is 10.0. The Kier molecular flexibility index (Phi) is 5.91. The largest absolute Gasteiger partial charge is 0.325 e. The molecule has 0 radical (unpaired) electrons. The first kappa shape index (κ1) is 16.1. The normalized spacial score (nSPS) is 10.4. The van der Waals surface area contributed by atoms with Crippen molar-refractivity contribution in [2.75, 3.05) is 11.1 Å². The van der Waals surface area contributed by atoms with E-state index in [2.05, 4.69) is 5.32 Å². The van der Waals surface area contributed by atoms with E-state index in [0.717, 1.165) is 0 Å². The minimum atomic E-state index is -0.354. The highest BCUT2D eigenvalue weighted by atomic mass is 35.5. The highest BCUT2D eigenvalue weighted by Gasteiger charge is 2.06. The second-order valence-corrected chi connectivity index (χ2v) is 6.14. The van der Waals surface area contributed by atoms with E-state index in [1.54, 1.807) is 36.4 Å². The van der Waals surface area contributed by atoms with Crippen LogP contribution in [0.5, 0.6) is 0 Å². The molecule has 2 aromatic carbocycles. The number of carbonyl (C=O) groups excluding carboxylic acids is 1. The van der Waals surface area contributed by atoms with Crippen molar-refractivity contribution in [2.45, 2.75) is 5.75 Å². The van der Waals surface area contributed by atoms with Gasteiger partial charge in [-0.2, -0.15) is 0 Å². The fourth-order valence-electron chi connectivity index (χ4n) is 1.62. The zero-order valence-electron chi connectivity index (χ0n) is 10.9. The lowest BCUT2D eigenvalue weighted by atomic mass is 10.2. The van der Waals surface area contributed by atoms with Gasteiger partial charge in [-0.05, 0) is 42.0 Å². The first-order valence-corrected chi connectivity index (χ1v) is 8.03. The van der Waals surface area contributed by atoms with Crippen LogP contribution in [0, 0.1) is 5.82 Å². The molecule has 0 bridgehead atoms. The Morgan fingerprint density at radius 3 is 2.43 bits per heavy atom. The Morgan fingerprint density at radius 1 is 1.10 bits per heavy atom. The highest BCUT2D eigenvalue weighted by Crippen LogP contribution is 2.20. The zero-order valence-corrected chi connectivity index (χ0v) is 13.2. The van der Waals surface area contributed by atoms with Gasteiger partial charge in [-0.15, -0.1) is 11.8 Å². The number of anilines is 1. The highest BCUT2D eigenvalue weighted by molar-refractivity contribution is 7.99. The van der Waals surface area contributed by atoms with Crippen LogP contribution in [0.1, 0.15) is 5.56 Å². The number of rotatable bonds is 5. The Hall–Kier alpha value is -1.23. The third-order valence-corrected chi connectivity index (χ3v) is 4.10. The Morgan fingerprint density at radius 2 is 1.76 bits per heavy atom. The number of halogens is 3. The van der Waals surface area contributed by atoms with Crippen LogP contribution < -0.4 is 5.32 Å². The van der Waals surface area contributed by atoms with Crippen LogP contribution in [0.15, 0.2) is 42.5 Å². The molecular weight excluding hydrogens is 332 g/mol. The summed E-state index contributed by atoms with van der Waals surface area (Å²) in [4.78, 5) is 11.7. The minimum absolute atomic E-state index is 0.142. The van der Waals surface area contributed by atoms with Crippen LogP contribution in [0.25, 0.3) is 0 Å². The molecule has 0 heterocycles. The summed E-state index contributed by atoms with van der Waals surface area (Å²) in [5.74, 6) is 0.159. The smallest absolute Gasteiger partial charge is 0.234 e. The maximum Gasteiger partial charge on any atom is 0.234 e. The first-order valence-electron chi connectivity index (χ1n) is 6.11. The van der Waals surface area contributed by atoms with Gasteiger partial charge in [-0.25, -0.2) is 4.39 Å². The maximum absolute atomic E-state index is 13.5. The van der Waals surface area contributed by atoms with Crippen LogP contribution in [-0.4, -0.2) is 11.7 Å². The summed E-state index contributed by atoms with van der Waals surface area (Å²) in [6.45, 7) is 0. The molecule has 2 aromatic rings. The lowest BCUT2D eigenvalue weighted by Gasteiger charge is -2.06. The summed E-state index contributed by atoms with van der Waals surface area (Å²) < 4.78 is 13.5. The van der Waals surface area contributed by atoms with Crippen LogP contribution in [0.4, 0.5) is 10.1 Å². The van der Waals surface area contributed by atoms with E-state index in [9.17, 15) is 9.18 Å². The standard InChI is InChI=1S/C15H12Cl2FNOS/c16-11-3-5-13(6-4-11)19-15(20)9-21-8-10-1-2-12(17)7-14(10)18/h1-7H,8-9H2,(H,19,20). The number of hydrogen-bond donors (Lipinski definition) is 1. The summed E-state index contributed by atoms with van der Waals surface area (Å²) in [6, 6.07) is 11.4. The van der Waals surface area contributed by atoms with Crippen molar-refractivity contribution in [2.24, 2.45) is 0 Å². The number of nitrogens with one attached hydrogen (secondary N) is 1. The van der Waals surface area contributed by atoms with Gasteiger partial charge in [0.1, 0.15) is 5.82 Å². The van der Waals surface area contributed by atoms with Gasteiger partial charge >= 0.3 is 0 Å². The van der Waals surface area contributed by atoms with Gasteiger partial charge in [0.05, 0.1) is 5.75 Å². The van der Waals surface area contributed by atoms with E-state index in [1.807, 2.05) is 0 Å². The van der Waals surface area contributed by atoms with Crippen molar-refractivity contribution in [3.05, 3.63) is 63.9 Å². The molecular formula is C15H12Cl2FNOS. The van der Waals surface area contributed by atoms with Crippen molar-refractivity contribution in [3.63, 3.8) is 0 Å². The van der Waals surface area contributed by atoms with Gasteiger partial charge in [0, 0.05) is 21.5 Å². The van der Waals surface area contributed by atoms with E-state index >= 15 is 0 Å². The summed E-state index contributed by atoms with van der Waals surface area (Å²) in [7, 11) is 0. The molecule has 0 saturated carbocycles. The van der Waals surface area contributed by atoms with Gasteiger partial charge in [-0.1, -0.05) is 29.3 Å². The fourth-order valence-corrected chi connectivity index (χ4v) is 2.72. The number of thioether (sulfide) groups is 1. The van der Waals surface area contributed by atoms with E-state index in [-0.39, 0.29) is 17.5 Å².